The van der Waals surface area contributed by atoms with Crippen molar-refractivity contribution in [3.05, 3.63) is 74.1 Å². The highest BCUT2D eigenvalue weighted by molar-refractivity contribution is 7.16. The van der Waals surface area contributed by atoms with E-state index in [9.17, 15) is 4.79 Å². The molecule has 4 aromatic rings. The van der Waals surface area contributed by atoms with Crippen LogP contribution in [0, 0.1) is 0 Å². The van der Waals surface area contributed by atoms with Gasteiger partial charge in [-0.2, -0.15) is 0 Å². The second kappa shape index (κ2) is 5.76. The molecule has 1 fully saturated rings. The Morgan fingerprint density at radius 1 is 1.20 bits per heavy atom. The van der Waals surface area contributed by atoms with Crippen LogP contribution in [0.25, 0.3) is 15.5 Å². The molecular formula is C18H12ClN3OS2. The summed E-state index contributed by atoms with van der Waals surface area (Å²) in [5.41, 5.74) is 2.58. The fraction of sp³-hybridized carbons (Fsp3) is 0.167. The fourth-order valence-electron chi connectivity index (χ4n) is 3.25. The summed E-state index contributed by atoms with van der Waals surface area (Å²) >= 11 is 9.53. The molecule has 4 heterocycles. The largest absolute Gasteiger partial charge is 0.278 e. The molecule has 1 saturated carbocycles. The average molecular weight is 386 g/mol. The molecule has 0 amide bonds. The Balaban J connectivity index is 1.60. The van der Waals surface area contributed by atoms with E-state index >= 15 is 0 Å². The number of hydrogen-bond donors (Lipinski definition) is 0. The lowest BCUT2D eigenvalue weighted by molar-refractivity contribution is 0.939. The number of thiophene rings is 1. The van der Waals surface area contributed by atoms with Crippen molar-refractivity contribution in [2.45, 2.75) is 18.3 Å². The van der Waals surface area contributed by atoms with Gasteiger partial charge in [0.25, 0.3) is 5.56 Å². The molecule has 0 N–H and O–H groups in total. The number of fused-ring (bicyclic) bond motifs is 1. The van der Waals surface area contributed by atoms with E-state index in [0.717, 1.165) is 22.7 Å². The SMILES string of the molecule is O=c1c(Cl)c([C@@H]2C[C@H]2c2cccnc2)nc2scc(-c3cccs3)n12. The molecule has 5 rings (SSSR count). The summed E-state index contributed by atoms with van der Waals surface area (Å²) in [5, 5.41) is 4.21. The van der Waals surface area contributed by atoms with E-state index in [0.29, 0.717) is 10.9 Å². The van der Waals surface area contributed by atoms with Crippen molar-refractivity contribution in [2.75, 3.05) is 0 Å². The highest BCUT2D eigenvalue weighted by Crippen LogP contribution is 2.55. The minimum absolute atomic E-state index is 0.178. The Morgan fingerprint density at radius 2 is 2.12 bits per heavy atom. The van der Waals surface area contributed by atoms with Crippen LogP contribution in [-0.4, -0.2) is 14.4 Å². The first-order valence-electron chi connectivity index (χ1n) is 7.87. The van der Waals surface area contributed by atoms with Gasteiger partial charge in [0.2, 0.25) is 0 Å². The van der Waals surface area contributed by atoms with Crippen molar-refractivity contribution in [2.24, 2.45) is 0 Å². The lowest BCUT2D eigenvalue weighted by Crippen LogP contribution is -2.17. The molecule has 0 bridgehead atoms. The van der Waals surface area contributed by atoms with E-state index < -0.39 is 0 Å². The van der Waals surface area contributed by atoms with Crippen LogP contribution in [0.5, 0.6) is 0 Å². The number of aromatic nitrogens is 3. The smallest absolute Gasteiger partial charge is 0.267 e. The van der Waals surface area contributed by atoms with Gasteiger partial charge in [-0.1, -0.05) is 23.7 Å². The van der Waals surface area contributed by atoms with Crippen LogP contribution >= 0.6 is 34.3 Å². The van der Waals surface area contributed by atoms with E-state index in [1.807, 2.05) is 35.2 Å². The van der Waals surface area contributed by atoms with Crippen LogP contribution in [0.4, 0.5) is 0 Å². The molecule has 0 unspecified atom stereocenters. The standard InChI is InChI=1S/C18H12ClN3OS2/c19-15-16(12-7-11(12)10-3-1-5-20-8-10)21-18-22(17(15)23)13(9-25-18)14-4-2-6-24-14/h1-6,8-9,11-12H,7H2/t11-,12+/m0/s1. The number of rotatable bonds is 3. The third kappa shape index (κ3) is 2.44. The quantitative estimate of drug-likeness (QED) is 0.508. The molecule has 4 nitrogen and oxygen atoms in total. The van der Waals surface area contributed by atoms with E-state index in [1.165, 1.54) is 16.9 Å². The van der Waals surface area contributed by atoms with Crippen molar-refractivity contribution < 1.29 is 0 Å². The summed E-state index contributed by atoms with van der Waals surface area (Å²) in [7, 11) is 0. The maximum absolute atomic E-state index is 12.9. The lowest BCUT2D eigenvalue weighted by Gasteiger charge is -2.05. The Labute approximate surface area is 156 Å². The van der Waals surface area contributed by atoms with Crippen molar-refractivity contribution in [3.8, 4) is 10.6 Å². The Kier molecular flexibility index (Phi) is 3.51. The van der Waals surface area contributed by atoms with Crippen LogP contribution in [0.1, 0.15) is 29.5 Å². The first kappa shape index (κ1) is 15.3. The zero-order valence-electron chi connectivity index (χ0n) is 12.9. The highest BCUT2D eigenvalue weighted by atomic mass is 35.5. The molecule has 124 valence electrons. The van der Waals surface area contributed by atoms with Gasteiger partial charge in [-0.05, 0) is 35.4 Å². The minimum Gasteiger partial charge on any atom is -0.267 e. The second-order valence-corrected chi connectivity index (χ2v) is 8.23. The number of nitrogens with zero attached hydrogens (tertiary/aromatic N) is 3. The summed E-state index contributed by atoms with van der Waals surface area (Å²) < 4.78 is 1.63. The minimum atomic E-state index is -0.178. The zero-order valence-corrected chi connectivity index (χ0v) is 15.3. The maximum atomic E-state index is 12.9. The van der Waals surface area contributed by atoms with Crippen molar-refractivity contribution in [3.63, 3.8) is 0 Å². The molecule has 0 spiro atoms. The van der Waals surface area contributed by atoms with Gasteiger partial charge < -0.3 is 0 Å². The molecule has 0 radical (unpaired) electrons. The molecule has 25 heavy (non-hydrogen) atoms. The summed E-state index contributed by atoms with van der Waals surface area (Å²) in [4.78, 5) is 23.5. The summed E-state index contributed by atoms with van der Waals surface area (Å²) in [5.74, 6) is 0.541. The first-order chi connectivity index (χ1) is 12.2. The van der Waals surface area contributed by atoms with E-state index in [2.05, 4.69) is 11.1 Å². The normalized spacial score (nSPS) is 19.4. The molecule has 0 aromatic carbocycles. The molecular weight excluding hydrogens is 374 g/mol. The number of hydrogen-bond acceptors (Lipinski definition) is 5. The second-order valence-electron chi connectivity index (χ2n) is 6.07. The zero-order chi connectivity index (χ0) is 17.0. The topological polar surface area (TPSA) is 47.3 Å². The lowest BCUT2D eigenvalue weighted by atomic mass is 10.1. The molecule has 4 aromatic heterocycles. The fourth-order valence-corrected chi connectivity index (χ4v) is 5.21. The van der Waals surface area contributed by atoms with Crippen LogP contribution in [0.3, 0.4) is 0 Å². The number of halogens is 1. The van der Waals surface area contributed by atoms with Gasteiger partial charge in [0.05, 0.1) is 16.3 Å². The van der Waals surface area contributed by atoms with Crippen molar-refractivity contribution in [1.82, 2.24) is 14.4 Å². The molecule has 1 aliphatic rings. The first-order valence-corrected chi connectivity index (χ1v) is 10.0. The van der Waals surface area contributed by atoms with E-state index in [4.69, 9.17) is 16.6 Å². The maximum Gasteiger partial charge on any atom is 0.278 e. The molecule has 7 heteroatoms. The van der Waals surface area contributed by atoms with Gasteiger partial charge in [-0.15, -0.1) is 22.7 Å². The molecule has 0 saturated heterocycles. The number of thiazole rings is 1. The molecule has 0 aliphatic heterocycles. The van der Waals surface area contributed by atoms with Gasteiger partial charge in [0.15, 0.2) is 4.96 Å². The third-order valence-electron chi connectivity index (χ3n) is 4.57. The Morgan fingerprint density at radius 3 is 2.88 bits per heavy atom. The van der Waals surface area contributed by atoms with Gasteiger partial charge >= 0.3 is 0 Å². The Hall–Kier alpha value is -2.02. The van der Waals surface area contributed by atoms with Crippen LogP contribution in [0.15, 0.2) is 52.2 Å². The van der Waals surface area contributed by atoms with E-state index in [-0.39, 0.29) is 16.5 Å². The van der Waals surface area contributed by atoms with Gasteiger partial charge in [-0.3, -0.25) is 9.78 Å². The van der Waals surface area contributed by atoms with Crippen LogP contribution in [0.2, 0.25) is 5.02 Å². The summed E-state index contributed by atoms with van der Waals surface area (Å²) in [6, 6.07) is 7.97. The predicted molar refractivity (Wildman–Crippen MR) is 102 cm³/mol. The van der Waals surface area contributed by atoms with Gasteiger partial charge in [0, 0.05) is 23.7 Å². The summed E-state index contributed by atoms with van der Waals surface area (Å²) in [6.45, 7) is 0. The van der Waals surface area contributed by atoms with Crippen LogP contribution < -0.4 is 5.56 Å². The van der Waals surface area contributed by atoms with Crippen molar-refractivity contribution >= 4 is 39.2 Å². The molecule has 2 atom stereocenters. The van der Waals surface area contributed by atoms with E-state index in [1.54, 1.807) is 21.9 Å². The summed E-state index contributed by atoms with van der Waals surface area (Å²) in [6.07, 6.45) is 4.60. The molecule has 1 aliphatic carbocycles. The monoisotopic (exact) mass is 385 g/mol. The Bertz CT molecular complexity index is 1120. The predicted octanol–water partition coefficient (Wildman–Crippen LogP) is 4.80. The van der Waals surface area contributed by atoms with Gasteiger partial charge in [-0.25, -0.2) is 9.38 Å². The van der Waals surface area contributed by atoms with Crippen molar-refractivity contribution in [1.29, 1.82) is 0 Å². The number of pyridine rings is 1. The highest BCUT2D eigenvalue weighted by Gasteiger charge is 2.43. The van der Waals surface area contributed by atoms with Gasteiger partial charge in [0.1, 0.15) is 5.02 Å². The third-order valence-corrected chi connectivity index (χ3v) is 6.64. The average Bonchev–Trinajstić information content (AvgIpc) is 3.05. The van der Waals surface area contributed by atoms with Crippen LogP contribution in [-0.2, 0) is 0 Å².